The molecule has 1 aromatic carbocycles. The summed E-state index contributed by atoms with van der Waals surface area (Å²) in [6.07, 6.45) is 1.79. The molecule has 0 radical (unpaired) electrons. The zero-order valence-corrected chi connectivity index (χ0v) is 14.2. The molecule has 4 nitrogen and oxygen atoms in total. The van der Waals surface area contributed by atoms with Crippen LogP contribution in [0.4, 0.5) is 0 Å². The van der Waals surface area contributed by atoms with E-state index in [1.807, 2.05) is 43.3 Å². The van der Waals surface area contributed by atoms with Crippen LogP contribution >= 0.6 is 11.3 Å². The Morgan fingerprint density at radius 3 is 2.52 bits per heavy atom. The average Bonchev–Trinajstić information content (AvgIpc) is 2.99. The molecule has 0 aliphatic rings. The molecular formula is C18H21NO3S. The fourth-order valence-electron chi connectivity index (χ4n) is 2.28. The molecule has 23 heavy (non-hydrogen) atoms. The van der Waals surface area contributed by atoms with Crippen LogP contribution in [0.5, 0.6) is 0 Å². The average molecular weight is 331 g/mol. The quantitative estimate of drug-likeness (QED) is 0.784. The van der Waals surface area contributed by atoms with Gasteiger partial charge in [-0.25, -0.2) is 4.79 Å². The number of ether oxygens (including phenoxy) is 1. The number of benzene rings is 1. The largest absolute Gasteiger partial charge is 0.451 e. The summed E-state index contributed by atoms with van der Waals surface area (Å²) in [5.41, 5.74) is 1.06. The summed E-state index contributed by atoms with van der Waals surface area (Å²) in [7, 11) is 0. The van der Waals surface area contributed by atoms with Gasteiger partial charge in [-0.05, 0) is 31.0 Å². The molecule has 1 aromatic heterocycles. The lowest BCUT2D eigenvalue weighted by molar-refractivity contribution is -0.125. The Hall–Kier alpha value is -2.14. The molecule has 0 saturated carbocycles. The van der Waals surface area contributed by atoms with Crippen LogP contribution in [-0.2, 0) is 9.53 Å². The Morgan fingerprint density at radius 2 is 1.91 bits per heavy atom. The van der Waals surface area contributed by atoms with Crippen molar-refractivity contribution in [2.45, 2.75) is 32.7 Å². The predicted octanol–water partition coefficient (Wildman–Crippen LogP) is 3.87. The second kappa shape index (κ2) is 8.48. The molecule has 2 rings (SSSR count). The smallest absolute Gasteiger partial charge is 0.348 e. The number of hydrogen-bond acceptors (Lipinski definition) is 4. The summed E-state index contributed by atoms with van der Waals surface area (Å²) in [4.78, 5) is 25.5. The van der Waals surface area contributed by atoms with Gasteiger partial charge in [-0.1, -0.05) is 43.7 Å². The van der Waals surface area contributed by atoms with Gasteiger partial charge < -0.3 is 10.1 Å². The Kier molecular flexibility index (Phi) is 6.35. The highest BCUT2D eigenvalue weighted by atomic mass is 32.1. The van der Waals surface area contributed by atoms with E-state index in [-0.39, 0.29) is 18.6 Å². The third kappa shape index (κ3) is 5.21. The van der Waals surface area contributed by atoms with Gasteiger partial charge in [-0.2, -0.15) is 0 Å². The van der Waals surface area contributed by atoms with E-state index in [2.05, 4.69) is 12.2 Å². The van der Waals surface area contributed by atoms with E-state index < -0.39 is 5.97 Å². The van der Waals surface area contributed by atoms with Crippen molar-refractivity contribution in [1.29, 1.82) is 0 Å². The molecule has 5 heteroatoms. The summed E-state index contributed by atoms with van der Waals surface area (Å²) in [5.74, 6) is -0.737. The van der Waals surface area contributed by atoms with Crippen LogP contribution in [-0.4, -0.2) is 18.5 Å². The molecule has 1 N–H and O–H groups in total. The molecule has 0 aliphatic heterocycles. The maximum Gasteiger partial charge on any atom is 0.348 e. The minimum atomic E-state index is -0.454. The number of carbonyl (C=O) groups excluding carboxylic acids is 2. The first-order valence-corrected chi connectivity index (χ1v) is 8.49. The van der Waals surface area contributed by atoms with Crippen LogP contribution in [0.1, 0.15) is 45.9 Å². The van der Waals surface area contributed by atoms with Crippen LogP contribution in [0.25, 0.3) is 0 Å². The molecule has 0 spiro atoms. The number of aryl methyl sites for hydroxylation is 1. The number of hydrogen-bond donors (Lipinski definition) is 1. The van der Waals surface area contributed by atoms with E-state index in [0.29, 0.717) is 4.88 Å². The highest BCUT2D eigenvalue weighted by molar-refractivity contribution is 7.13. The zero-order valence-electron chi connectivity index (χ0n) is 13.4. The lowest BCUT2D eigenvalue weighted by atomic mass is 10.0. The molecule has 1 heterocycles. The summed E-state index contributed by atoms with van der Waals surface area (Å²) in [5, 5.41) is 2.93. The molecule has 0 fully saturated rings. The van der Waals surface area contributed by atoms with Crippen molar-refractivity contribution in [3.05, 3.63) is 57.8 Å². The van der Waals surface area contributed by atoms with Crippen LogP contribution in [0.2, 0.25) is 0 Å². The second-order valence-electron chi connectivity index (χ2n) is 5.31. The molecule has 0 unspecified atom stereocenters. The summed E-state index contributed by atoms with van der Waals surface area (Å²) < 4.78 is 5.08. The van der Waals surface area contributed by atoms with Crippen molar-refractivity contribution >= 4 is 23.2 Å². The number of amides is 1. The number of thiophene rings is 1. The van der Waals surface area contributed by atoms with E-state index in [9.17, 15) is 9.59 Å². The SMILES string of the molecule is CCC[C@H](NC(=O)COC(=O)c1ccc(C)s1)c1ccccc1. The molecule has 1 amide bonds. The number of nitrogens with one attached hydrogen (secondary N) is 1. The van der Waals surface area contributed by atoms with Crippen molar-refractivity contribution in [3.8, 4) is 0 Å². The Morgan fingerprint density at radius 1 is 1.17 bits per heavy atom. The van der Waals surface area contributed by atoms with E-state index in [1.54, 1.807) is 6.07 Å². The van der Waals surface area contributed by atoms with E-state index in [1.165, 1.54) is 11.3 Å². The summed E-state index contributed by atoms with van der Waals surface area (Å²) in [6, 6.07) is 13.3. The molecular weight excluding hydrogens is 310 g/mol. The van der Waals surface area contributed by atoms with Gasteiger partial charge in [-0.3, -0.25) is 4.79 Å². The predicted molar refractivity (Wildman–Crippen MR) is 91.6 cm³/mol. The van der Waals surface area contributed by atoms with Gasteiger partial charge in [0.15, 0.2) is 6.61 Å². The fourth-order valence-corrected chi connectivity index (χ4v) is 3.04. The molecule has 2 aromatic rings. The van der Waals surface area contributed by atoms with E-state index in [0.717, 1.165) is 23.3 Å². The molecule has 122 valence electrons. The normalized spacial score (nSPS) is 11.7. The fraction of sp³-hybridized carbons (Fsp3) is 0.333. The van der Waals surface area contributed by atoms with Gasteiger partial charge >= 0.3 is 5.97 Å². The monoisotopic (exact) mass is 331 g/mol. The molecule has 0 aliphatic carbocycles. The third-order valence-electron chi connectivity index (χ3n) is 3.39. The maximum atomic E-state index is 12.1. The first-order valence-electron chi connectivity index (χ1n) is 7.68. The molecule has 0 saturated heterocycles. The maximum absolute atomic E-state index is 12.1. The highest BCUT2D eigenvalue weighted by Gasteiger charge is 2.16. The Balaban J connectivity index is 1.88. The van der Waals surface area contributed by atoms with Gasteiger partial charge in [0.05, 0.1) is 6.04 Å². The molecule has 0 bridgehead atoms. The highest BCUT2D eigenvalue weighted by Crippen LogP contribution is 2.18. The standard InChI is InChI=1S/C18H21NO3S/c1-3-7-15(14-8-5-4-6-9-14)19-17(20)12-22-18(21)16-11-10-13(2)23-16/h4-6,8-11,15H,3,7,12H2,1-2H3,(H,19,20)/t15-/m0/s1. The van der Waals surface area contributed by atoms with Crippen molar-refractivity contribution in [3.63, 3.8) is 0 Å². The van der Waals surface area contributed by atoms with Crippen LogP contribution in [0.3, 0.4) is 0 Å². The topological polar surface area (TPSA) is 55.4 Å². The molecule has 1 atom stereocenters. The van der Waals surface area contributed by atoms with Gasteiger partial charge in [0, 0.05) is 4.88 Å². The minimum absolute atomic E-state index is 0.0589. The Bertz CT molecular complexity index is 651. The van der Waals surface area contributed by atoms with Crippen molar-refractivity contribution in [2.24, 2.45) is 0 Å². The minimum Gasteiger partial charge on any atom is -0.451 e. The second-order valence-corrected chi connectivity index (χ2v) is 6.59. The van der Waals surface area contributed by atoms with Gasteiger partial charge in [0.25, 0.3) is 5.91 Å². The van der Waals surface area contributed by atoms with Crippen LogP contribution in [0.15, 0.2) is 42.5 Å². The lowest BCUT2D eigenvalue weighted by Crippen LogP contribution is -2.32. The lowest BCUT2D eigenvalue weighted by Gasteiger charge is -2.18. The van der Waals surface area contributed by atoms with Gasteiger partial charge in [0.2, 0.25) is 0 Å². The van der Waals surface area contributed by atoms with Crippen LogP contribution < -0.4 is 5.32 Å². The summed E-state index contributed by atoms with van der Waals surface area (Å²) in [6.45, 7) is 3.73. The van der Waals surface area contributed by atoms with Crippen molar-refractivity contribution in [2.75, 3.05) is 6.61 Å². The van der Waals surface area contributed by atoms with Crippen molar-refractivity contribution in [1.82, 2.24) is 5.32 Å². The van der Waals surface area contributed by atoms with Crippen LogP contribution in [0, 0.1) is 6.92 Å². The number of carbonyl (C=O) groups is 2. The van der Waals surface area contributed by atoms with Gasteiger partial charge in [0.1, 0.15) is 4.88 Å². The zero-order chi connectivity index (χ0) is 16.7. The third-order valence-corrected chi connectivity index (χ3v) is 4.37. The first-order chi connectivity index (χ1) is 11.1. The number of rotatable bonds is 7. The first kappa shape index (κ1) is 17.2. The van der Waals surface area contributed by atoms with Crippen molar-refractivity contribution < 1.29 is 14.3 Å². The Labute approximate surface area is 140 Å². The number of esters is 1. The summed E-state index contributed by atoms with van der Waals surface area (Å²) >= 11 is 1.36. The van der Waals surface area contributed by atoms with E-state index >= 15 is 0 Å². The van der Waals surface area contributed by atoms with Gasteiger partial charge in [-0.15, -0.1) is 11.3 Å². The van der Waals surface area contributed by atoms with E-state index in [4.69, 9.17) is 4.74 Å².